The average molecular weight is 789 g/mol. The molecule has 57 heavy (non-hydrogen) atoms. The van der Waals surface area contributed by atoms with Crippen molar-refractivity contribution >= 4 is 53.0 Å². The zero-order chi connectivity index (χ0) is 40.6. The van der Waals surface area contributed by atoms with Crippen molar-refractivity contribution in [2.45, 2.75) is 63.2 Å². The van der Waals surface area contributed by atoms with E-state index in [-0.39, 0.29) is 38.0 Å². The highest BCUT2D eigenvalue weighted by Gasteiger charge is 2.32. The van der Waals surface area contributed by atoms with Gasteiger partial charge in [-0.25, -0.2) is 4.79 Å². The highest BCUT2D eigenvalue weighted by Crippen LogP contribution is 2.20. The van der Waals surface area contributed by atoms with Gasteiger partial charge in [0.1, 0.15) is 24.2 Å². The molecule has 14 heteroatoms. The van der Waals surface area contributed by atoms with Crippen molar-refractivity contribution in [3.63, 3.8) is 0 Å². The molecule has 0 fully saturated rings. The summed E-state index contributed by atoms with van der Waals surface area (Å²) in [4.78, 5) is 83.1. The first-order valence-corrected chi connectivity index (χ1v) is 19.3. The predicted octanol–water partition coefficient (Wildman–Crippen LogP) is 4.08. The molecule has 5 amide bonds. The van der Waals surface area contributed by atoms with Gasteiger partial charge in [0.25, 0.3) is 0 Å². The Labute approximate surface area is 334 Å². The van der Waals surface area contributed by atoms with Gasteiger partial charge in [0.2, 0.25) is 30.0 Å². The molecule has 2 heterocycles. The summed E-state index contributed by atoms with van der Waals surface area (Å²) < 4.78 is 0. The largest absolute Gasteiger partial charge is 0.480 e. The van der Waals surface area contributed by atoms with Gasteiger partial charge in [0.05, 0.1) is 0 Å². The van der Waals surface area contributed by atoms with E-state index in [0.717, 1.165) is 16.0 Å². The molecule has 0 spiro atoms. The summed E-state index contributed by atoms with van der Waals surface area (Å²) in [5.74, 6) is -3.69. The number of pyridine rings is 1. The van der Waals surface area contributed by atoms with Crippen molar-refractivity contribution in [3.05, 3.63) is 142 Å². The second kappa shape index (κ2) is 20.9. The van der Waals surface area contributed by atoms with Crippen LogP contribution in [0.4, 0.5) is 5.69 Å². The number of thiophene rings is 1. The number of nitrogens with one attached hydrogen (secondary N) is 5. The topological polar surface area (TPSA) is 196 Å². The molecule has 0 bridgehead atoms. The van der Waals surface area contributed by atoms with E-state index in [1.807, 2.05) is 72.1 Å². The molecule has 0 aliphatic carbocycles. The number of nitrogens with zero attached hydrogens (tertiary/aromatic N) is 1. The minimum atomic E-state index is -1.37. The summed E-state index contributed by atoms with van der Waals surface area (Å²) in [5, 5.41) is 25.4. The molecular formula is C43H44N6O7S. The van der Waals surface area contributed by atoms with Gasteiger partial charge in [0, 0.05) is 54.6 Å². The summed E-state index contributed by atoms with van der Waals surface area (Å²) in [5.41, 5.74) is 4.23. The summed E-state index contributed by atoms with van der Waals surface area (Å²) in [6, 6.07) is 27.7. The lowest BCUT2D eigenvalue weighted by Crippen LogP contribution is -2.59. The van der Waals surface area contributed by atoms with Gasteiger partial charge in [-0.3, -0.25) is 29.0 Å². The molecule has 4 atom stereocenters. The quantitative estimate of drug-likeness (QED) is 0.0635. The molecule has 0 saturated heterocycles. The van der Waals surface area contributed by atoms with Crippen molar-refractivity contribution in [2.75, 3.05) is 5.32 Å². The highest BCUT2D eigenvalue weighted by molar-refractivity contribution is 7.09. The number of benzene rings is 3. The fourth-order valence-electron chi connectivity index (χ4n) is 6.04. The van der Waals surface area contributed by atoms with Crippen LogP contribution in [0.5, 0.6) is 0 Å². The summed E-state index contributed by atoms with van der Waals surface area (Å²) in [7, 11) is 0. The average Bonchev–Trinajstić information content (AvgIpc) is 3.74. The number of rotatable bonds is 20. The van der Waals surface area contributed by atoms with E-state index in [1.54, 1.807) is 49.4 Å². The van der Waals surface area contributed by atoms with Gasteiger partial charge in [-0.2, -0.15) is 0 Å². The smallest absolute Gasteiger partial charge is 0.326 e. The van der Waals surface area contributed by atoms with E-state index in [1.165, 1.54) is 17.5 Å². The normalized spacial score (nSPS) is 12.9. The highest BCUT2D eigenvalue weighted by atomic mass is 32.1. The van der Waals surface area contributed by atoms with Gasteiger partial charge in [-0.15, -0.1) is 11.3 Å². The lowest BCUT2D eigenvalue weighted by atomic mass is 9.99. The molecule has 5 aromatic rings. The number of amides is 5. The molecule has 0 aliphatic heterocycles. The monoisotopic (exact) mass is 788 g/mol. The molecule has 6 N–H and O–H groups in total. The molecular weight excluding hydrogens is 745 g/mol. The number of hydrogen-bond donors (Lipinski definition) is 6. The number of carbonyl (C=O) groups excluding carboxylic acids is 5. The van der Waals surface area contributed by atoms with Crippen LogP contribution < -0.4 is 26.6 Å². The van der Waals surface area contributed by atoms with E-state index < -0.39 is 47.9 Å². The van der Waals surface area contributed by atoms with Crippen LogP contribution >= 0.6 is 11.3 Å². The number of carboxylic acids is 1. The molecule has 0 aliphatic rings. The lowest BCUT2D eigenvalue weighted by Gasteiger charge is -2.26. The SMILES string of the molecule is CCC(=O)N[C@H](Cc1cccs1)C(=O)N[C@@H](Cc1ccc(-c2ccccc2)cc1)C(=O)N[C@@H](Cc1ccccn1)C(=O)N[C@@H](Cc1ccc(NC=O)cc1)C(=O)O. The number of carboxylic acid groups (broad SMARTS) is 1. The standard InChI is InChI=1S/C43H44N6O7S/c1-2-39(51)46-37(26-34-12-8-22-57-34)42(54)47-35(23-28-13-17-31(18-14-28)30-9-4-3-5-10-30)40(52)48-36(25-33-11-6-7-21-44-33)41(53)49-38(43(55)56)24-29-15-19-32(20-16-29)45-27-50/h3-22,27,35-38H,2,23-26H2,1H3,(H,45,50)(H,46,51)(H,47,54)(H,48,52)(H,49,53)(H,55,56)/t35-,36-,37+,38-/m0/s1. The van der Waals surface area contributed by atoms with Crippen LogP contribution in [0.3, 0.4) is 0 Å². The Morgan fingerprint density at radius 3 is 1.75 bits per heavy atom. The van der Waals surface area contributed by atoms with Gasteiger partial charge >= 0.3 is 5.97 Å². The summed E-state index contributed by atoms with van der Waals surface area (Å²) >= 11 is 1.43. The summed E-state index contributed by atoms with van der Waals surface area (Å²) in [6.45, 7) is 1.68. The first-order valence-electron chi connectivity index (χ1n) is 18.4. The van der Waals surface area contributed by atoms with Gasteiger partial charge in [-0.1, -0.05) is 85.8 Å². The van der Waals surface area contributed by atoms with E-state index >= 15 is 0 Å². The second-order valence-corrected chi connectivity index (χ2v) is 14.3. The Morgan fingerprint density at radius 1 is 0.632 bits per heavy atom. The maximum atomic E-state index is 14.3. The van der Waals surface area contributed by atoms with Crippen molar-refractivity contribution < 1.29 is 33.9 Å². The molecule has 0 radical (unpaired) electrons. The van der Waals surface area contributed by atoms with E-state index in [4.69, 9.17) is 0 Å². The molecule has 0 unspecified atom stereocenters. The summed E-state index contributed by atoms with van der Waals surface area (Å²) in [6.07, 6.45) is 2.27. The fraction of sp³-hybridized carbons (Fsp3) is 0.233. The van der Waals surface area contributed by atoms with Gasteiger partial charge in [-0.05, 0) is 58.0 Å². The predicted molar refractivity (Wildman–Crippen MR) is 217 cm³/mol. The first kappa shape index (κ1) is 41.5. The Hall–Kier alpha value is -6.67. The van der Waals surface area contributed by atoms with E-state index in [0.29, 0.717) is 28.9 Å². The van der Waals surface area contributed by atoms with Crippen LogP contribution in [0.25, 0.3) is 11.1 Å². The minimum Gasteiger partial charge on any atom is -0.480 e. The maximum absolute atomic E-state index is 14.3. The third kappa shape index (κ3) is 12.7. The maximum Gasteiger partial charge on any atom is 0.326 e. The van der Waals surface area contributed by atoms with Crippen molar-refractivity contribution in [1.29, 1.82) is 0 Å². The van der Waals surface area contributed by atoms with E-state index in [2.05, 4.69) is 31.6 Å². The third-order valence-electron chi connectivity index (χ3n) is 9.10. The molecule has 294 valence electrons. The Morgan fingerprint density at radius 2 is 1.19 bits per heavy atom. The van der Waals surface area contributed by atoms with Crippen molar-refractivity contribution in [2.24, 2.45) is 0 Å². The van der Waals surface area contributed by atoms with Crippen LogP contribution in [0.1, 0.15) is 35.0 Å². The molecule has 0 saturated carbocycles. The van der Waals surface area contributed by atoms with Crippen molar-refractivity contribution in [1.82, 2.24) is 26.3 Å². The number of carbonyl (C=O) groups is 6. The first-order chi connectivity index (χ1) is 27.6. The van der Waals surface area contributed by atoms with Crippen LogP contribution in [0.2, 0.25) is 0 Å². The Bertz CT molecular complexity index is 2100. The number of aliphatic carboxylic acids is 1. The number of anilines is 1. The number of aromatic nitrogens is 1. The second-order valence-electron chi connectivity index (χ2n) is 13.2. The minimum absolute atomic E-state index is 0.0325. The van der Waals surface area contributed by atoms with Crippen LogP contribution in [-0.4, -0.2) is 70.3 Å². The molecule has 2 aromatic heterocycles. The Kier molecular flexibility index (Phi) is 15.2. The molecule has 3 aromatic carbocycles. The van der Waals surface area contributed by atoms with Gasteiger partial charge < -0.3 is 31.7 Å². The van der Waals surface area contributed by atoms with Crippen LogP contribution in [0, 0.1) is 0 Å². The van der Waals surface area contributed by atoms with E-state index in [9.17, 15) is 33.9 Å². The lowest BCUT2D eigenvalue weighted by molar-refractivity contribution is -0.142. The zero-order valence-electron chi connectivity index (χ0n) is 31.2. The Balaban J connectivity index is 1.41. The molecule has 13 nitrogen and oxygen atoms in total. The molecule has 5 rings (SSSR count). The van der Waals surface area contributed by atoms with Crippen molar-refractivity contribution in [3.8, 4) is 11.1 Å². The fourth-order valence-corrected chi connectivity index (χ4v) is 6.79. The third-order valence-corrected chi connectivity index (χ3v) is 10.00. The van der Waals surface area contributed by atoms with Crippen LogP contribution in [-0.2, 0) is 54.5 Å². The van der Waals surface area contributed by atoms with Crippen LogP contribution in [0.15, 0.2) is 121 Å². The zero-order valence-corrected chi connectivity index (χ0v) is 32.0. The number of hydrogen-bond acceptors (Lipinski definition) is 8. The van der Waals surface area contributed by atoms with Gasteiger partial charge in [0.15, 0.2) is 0 Å².